The first kappa shape index (κ1) is 17.2. The summed E-state index contributed by atoms with van der Waals surface area (Å²) < 4.78 is 28.7. The fourth-order valence-corrected chi connectivity index (χ4v) is 3.43. The lowest BCUT2D eigenvalue weighted by atomic mass is 10.1. The van der Waals surface area contributed by atoms with Crippen molar-refractivity contribution in [2.45, 2.75) is 13.0 Å². The molecule has 4 rings (SSSR count). The van der Waals surface area contributed by atoms with E-state index >= 15 is 0 Å². The van der Waals surface area contributed by atoms with Gasteiger partial charge in [0, 0.05) is 29.9 Å². The van der Waals surface area contributed by atoms with Crippen LogP contribution in [0.1, 0.15) is 11.1 Å². The Balaban J connectivity index is 1.54. The largest absolute Gasteiger partial charge is 0.352 e. The van der Waals surface area contributed by atoms with Gasteiger partial charge in [-0.1, -0.05) is 24.3 Å². The minimum absolute atomic E-state index is 0.136. The summed E-state index contributed by atoms with van der Waals surface area (Å²) >= 11 is 0. The van der Waals surface area contributed by atoms with Gasteiger partial charge < -0.3 is 9.88 Å². The van der Waals surface area contributed by atoms with Gasteiger partial charge in [-0.2, -0.15) is 0 Å². The lowest BCUT2D eigenvalue weighted by Crippen LogP contribution is -2.24. The van der Waals surface area contributed by atoms with Gasteiger partial charge in [0.15, 0.2) is 0 Å². The molecule has 0 unspecified atom stereocenters. The van der Waals surface area contributed by atoms with Gasteiger partial charge in [0.05, 0.1) is 11.9 Å². The number of carbonyl (C=O) groups is 1. The molecule has 5 heteroatoms. The van der Waals surface area contributed by atoms with Gasteiger partial charge in [0.2, 0.25) is 5.91 Å². The van der Waals surface area contributed by atoms with Crippen molar-refractivity contribution in [2.24, 2.45) is 7.05 Å². The number of hydrogen-bond acceptors (Lipinski definition) is 1. The molecule has 1 heterocycles. The minimum atomic E-state index is -0.320. The second-order valence-corrected chi connectivity index (χ2v) is 6.66. The monoisotopic (exact) mass is 364 g/mol. The molecule has 0 bridgehead atoms. The quantitative estimate of drug-likeness (QED) is 0.570. The summed E-state index contributed by atoms with van der Waals surface area (Å²) in [7, 11) is 1.89. The maximum Gasteiger partial charge on any atom is 0.224 e. The molecule has 4 aromatic rings. The summed E-state index contributed by atoms with van der Waals surface area (Å²) in [5.74, 6) is -0.729. The van der Waals surface area contributed by atoms with Gasteiger partial charge in [-0.3, -0.25) is 4.79 Å². The maximum atomic E-state index is 13.6. The molecule has 0 atom stereocenters. The highest BCUT2D eigenvalue weighted by Crippen LogP contribution is 2.29. The second-order valence-electron chi connectivity index (χ2n) is 6.66. The summed E-state index contributed by atoms with van der Waals surface area (Å²) in [6.07, 6.45) is 0.223. The van der Waals surface area contributed by atoms with Gasteiger partial charge in [-0.05, 0) is 47.5 Å². The number of amides is 1. The molecular formula is C22H18F2N2O. The van der Waals surface area contributed by atoms with E-state index in [1.807, 2.05) is 29.8 Å². The number of aryl methyl sites for hydroxylation is 1. The van der Waals surface area contributed by atoms with E-state index in [9.17, 15) is 13.6 Å². The summed E-state index contributed by atoms with van der Waals surface area (Å²) in [4.78, 5) is 12.2. The van der Waals surface area contributed by atoms with Gasteiger partial charge in [-0.25, -0.2) is 8.78 Å². The van der Waals surface area contributed by atoms with Crippen LogP contribution in [0, 0.1) is 11.6 Å². The molecular weight excluding hydrogens is 346 g/mol. The number of halogens is 2. The van der Waals surface area contributed by atoms with Crippen LogP contribution >= 0.6 is 0 Å². The van der Waals surface area contributed by atoms with E-state index in [1.54, 1.807) is 18.2 Å². The average molecular weight is 364 g/mol. The molecule has 1 amide bonds. The molecule has 27 heavy (non-hydrogen) atoms. The second kappa shape index (κ2) is 6.83. The normalized spacial score (nSPS) is 11.2. The molecule has 0 aliphatic heterocycles. The number of benzene rings is 3. The molecule has 0 spiro atoms. The van der Waals surface area contributed by atoms with Crippen LogP contribution in [0.15, 0.2) is 60.7 Å². The van der Waals surface area contributed by atoms with E-state index in [0.29, 0.717) is 0 Å². The summed E-state index contributed by atoms with van der Waals surface area (Å²) in [6, 6.07) is 16.7. The molecule has 0 fully saturated rings. The summed E-state index contributed by atoms with van der Waals surface area (Å²) in [5, 5.41) is 4.82. The van der Waals surface area contributed by atoms with Gasteiger partial charge >= 0.3 is 0 Å². The van der Waals surface area contributed by atoms with Crippen molar-refractivity contribution < 1.29 is 13.6 Å². The lowest BCUT2D eigenvalue weighted by molar-refractivity contribution is -0.120. The van der Waals surface area contributed by atoms with Crippen LogP contribution in [0.3, 0.4) is 0 Å². The van der Waals surface area contributed by atoms with Crippen molar-refractivity contribution in [3.05, 3.63) is 83.4 Å². The molecule has 3 aromatic carbocycles. The Kier molecular flexibility index (Phi) is 4.36. The van der Waals surface area contributed by atoms with Gasteiger partial charge in [-0.15, -0.1) is 0 Å². The zero-order valence-electron chi connectivity index (χ0n) is 14.8. The smallest absolute Gasteiger partial charge is 0.224 e. The number of nitrogens with one attached hydrogen (secondary N) is 1. The van der Waals surface area contributed by atoms with E-state index in [0.717, 1.165) is 32.9 Å². The molecule has 0 radical (unpaired) electrons. The van der Waals surface area contributed by atoms with Crippen LogP contribution in [0.5, 0.6) is 0 Å². The first-order chi connectivity index (χ1) is 13.0. The topological polar surface area (TPSA) is 34.0 Å². The lowest BCUT2D eigenvalue weighted by Gasteiger charge is -2.06. The van der Waals surface area contributed by atoms with Crippen LogP contribution in [0.25, 0.3) is 21.8 Å². The Morgan fingerprint density at radius 2 is 1.59 bits per heavy atom. The molecule has 0 aliphatic rings. The molecule has 136 valence electrons. The summed E-state index contributed by atoms with van der Waals surface area (Å²) in [6.45, 7) is 0.284. The summed E-state index contributed by atoms with van der Waals surface area (Å²) in [5.41, 5.74) is 3.35. The average Bonchev–Trinajstić information content (AvgIpc) is 2.92. The first-order valence-corrected chi connectivity index (χ1v) is 8.69. The highest BCUT2D eigenvalue weighted by Gasteiger charge is 2.11. The minimum Gasteiger partial charge on any atom is -0.352 e. The van der Waals surface area contributed by atoms with E-state index in [2.05, 4.69) is 5.32 Å². The van der Waals surface area contributed by atoms with Crippen molar-refractivity contribution in [1.82, 2.24) is 9.88 Å². The third-order valence-corrected chi connectivity index (χ3v) is 4.78. The van der Waals surface area contributed by atoms with E-state index in [4.69, 9.17) is 0 Å². The third-order valence-electron chi connectivity index (χ3n) is 4.78. The Bertz CT molecular complexity index is 1160. The number of aromatic nitrogens is 1. The van der Waals surface area contributed by atoms with Crippen LogP contribution in [-0.4, -0.2) is 10.5 Å². The molecule has 0 aliphatic carbocycles. The van der Waals surface area contributed by atoms with Gasteiger partial charge in [0.25, 0.3) is 0 Å². The van der Waals surface area contributed by atoms with Crippen LogP contribution in [-0.2, 0) is 24.8 Å². The Hall–Kier alpha value is -3.21. The Morgan fingerprint density at radius 3 is 2.37 bits per heavy atom. The number of nitrogens with zero attached hydrogens (tertiary/aromatic N) is 1. The highest BCUT2D eigenvalue weighted by molar-refractivity contribution is 6.08. The molecule has 1 N–H and O–H groups in total. The van der Waals surface area contributed by atoms with E-state index < -0.39 is 0 Å². The Morgan fingerprint density at radius 1 is 0.889 bits per heavy atom. The highest BCUT2D eigenvalue weighted by atomic mass is 19.1. The molecule has 1 aromatic heterocycles. The third kappa shape index (κ3) is 3.40. The molecule has 0 saturated heterocycles. The SMILES string of the molecule is Cn1c2cc(F)ccc2c2ccc(CC(=O)NCc3cccc(F)c3)cc21. The van der Waals surface area contributed by atoms with Gasteiger partial charge in [0.1, 0.15) is 11.6 Å². The molecule has 3 nitrogen and oxygen atoms in total. The number of rotatable bonds is 4. The maximum absolute atomic E-state index is 13.6. The predicted octanol–water partition coefficient (Wildman–Crippen LogP) is 4.47. The van der Waals surface area contributed by atoms with Crippen LogP contribution < -0.4 is 5.32 Å². The van der Waals surface area contributed by atoms with Crippen LogP contribution in [0.4, 0.5) is 8.78 Å². The Labute approximate surface area is 155 Å². The zero-order chi connectivity index (χ0) is 19.0. The fraction of sp³-hybridized carbons (Fsp3) is 0.136. The fourth-order valence-electron chi connectivity index (χ4n) is 3.43. The number of hydrogen-bond donors (Lipinski definition) is 1. The van der Waals surface area contributed by atoms with Crippen molar-refractivity contribution >= 4 is 27.7 Å². The number of carbonyl (C=O) groups excluding carboxylic acids is 1. The predicted molar refractivity (Wildman–Crippen MR) is 102 cm³/mol. The van der Waals surface area contributed by atoms with E-state index in [-0.39, 0.29) is 30.5 Å². The first-order valence-electron chi connectivity index (χ1n) is 8.69. The van der Waals surface area contributed by atoms with E-state index in [1.165, 1.54) is 24.3 Å². The molecule has 0 saturated carbocycles. The van der Waals surface area contributed by atoms with Crippen LogP contribution in [0.2, 0.25) is 0 Å². The zero-order valence-corrected chi connectivity index (χ0v) is 14.8. The standard InChI is InChI=1S/C22H18F2N2O/c1-26-20-10-14(5-7-18(20)19-8-6-17(24)12-21(19)26)11-22(27)25-13-15-3-2-4-16(23)9-15/h2-10,12H,11,13H2,1H3,(H,25,27). The number of fused-ring (bicyclic) bond motifs is 3. The van der Waals surface area contributed by atoms with Crippen molar-refractivity contribution in [3.63, 3.8) is 0 Å². The van der Waals surface area contributed by atoms with Crippen molar-refractivity contribution in [3.8, 4) is 0 Å². The van der Waals surface area contributed by atoms with Crippen molar-refractivity contribution in [1.29, 1.82) is 0 Å². The van der Waals surface area contributed by atoms with Crippen molar-refractivity contribution in [2.75, 3.05) is 0 Å².